The van der Waals surface area contributed by atoms with Gasteiger partial charge in [-0.05, 0) is 25.1 Å². The molecule has 0 aromatic carbocycles. The Bertz CT molecular complexity index is 555. The van der Waals surface area contributed by atoms with Crippen molar-refractivity contribution in [2.24, 2.45) is 5.73 Å². The monoisotopic (exact) mass is 245 g/mol. The van der Waals surface area contributed by atoms with Gasteiger partial charge in [0.2, 0.25) is 0 Å². The lowest BCUT2D eigenvalue weighted by Gasteiger charge is -2.38. The molecule has 2 aromatic rings. The maximum atomic E-state index is 5.81. The van der Waals surface area contributed by atoms with Gasteiger partial charge in [0.1, 0.15) is 17.3 Å². The number of rotatable bonds is 3. The van der Waals surface area contributed by atoms with E-state index in [0.29, 0.717) is 19.8 Å². The van der Waals surface area contributed by atoms with Crippen molar-refractivity contribution in [1.29, 1.82) is 0 Å². The molecule has 3 rings (SSSR count). The first-order chi connectivity index (χ1) is 8.73. The van der Waals surface area contributed by atoms with Gasteiger partial charge < -0.3 is 14.9 Å². The minimum absolute atomic E-state index is 0.225. The second-order valence-electron chi connectivity index (χ2n) is 4.65. The van der Waals surface area contributed by atoms with Crippen LogP contribution in [0.15, 0.2) is 28.8 Å². The van der Waals surface area contributed by atoms with Crippen molar-refractivity contribution in [2.45, 2.75) is 12.3 Å². The van der Waals surface area contributed by atoms with E-state index in [0.717, 1.165) is 23.0 Å². The fourth-order valence-electron chi connectivity index (χ4n) is 2.01. The maximum Gasteiger partial charge on any atom is 0.152 e. The maximum absolute atomic E-state index is 5.81. The van der Waals surface area contributed by atoms with Crippen LogP contribution in [0, 0.1) is 6.92 Å². The van der Waals surface area contributed by atoms with Crippen LogP contribution in [0.25, 0.3) is 11.5 Å². The Morgan fingerprint density at radius 2 is 2.17 bits per heavy atom. The Hall–Kier alpha value is -1.72. The summed E-state index contributed by atoms with van der Waals surface area (Å²) in [6.07, 6.45) is 1.74. The molecule has 0 spiro atoms. The molecule has 0 bridgehead atoms. The van der Waals surface area contributed by atoms with E-state index < -0.39 is 0 Å². The first kappa shape index (κ1) is 11.4. The third kappa shape index (κ3) is 1.72. The van der Waals surface area contributed by atoms with E-state index in [1.165, 1.54) is 0 Å². The number of hydrogen-bond donors (Lipinski definition) is 1. The van der Waals surface area contributed by atoms with E-state index in [4.69, 9.17) is 14.9 Å². The normalized spacial score (nSPS) is 17.4. The van der Waals surface area contributed by atoms with Crippen LogP contribution in [0.4, 0.5) is 0 Å². The Kier molecular flexibility index (Phi) is 2.65. The molecule has 1 aliphatic rings. The molecular weight excluding hydrogens is 230 g/mol. The minimum Gasteiger partial charge on any atom is -0.460 e. The zero-order chi connectivity index (χ0) is 12.6. The van der Waals surface area contributed by atoms with Crippen molar-refractivity contribution in [3.05, 3.63) is 36.0 Å². The fourth-order valence-corrected chi connectivity index (χ4v) is 2.01. The third-order valence-corrected chi connectivity index (χ3v) is 3.27. The van der Waals surface area contributed by atoms with Crippen molar-refractivity contribution < 1.29 is 9.15 Å². The van der Waals surface area contributed by atoms with Crippen molar-refractivity contribution in [3.8, 4) is 11.5 Å². The van der Waals surface area contributed by atoms with E-state index in [-0.39, 0.29) is 5.41 Å². The van der Waals surface area contributed by atoms with Crippen LogP contribution < -0.4 is 5.73 Å². The first-order valence-electron chi connectivity index (χ1n) is 5.92. The number of nitrogens with zero attached hydrogens (tertiary/aromatic N) is 2. The molecule has 18 heavy (non-hydrogen) atoms. The van der Waals surface area contributed by atoms with Gasteiger partial charge in [-0.1, -0.05) is 0 Å². The second kappa shape index (κ2) is 4.19. The summed E-state index contributed by atoms with van der Waals surface area (Å²) in [4.78, 5) is 8.88. The van der Waals surface area contributed by atoms with Gasteiger partial charge in [0, 0.05) is 12.7 Å². The molecule has 0 aliphatic carbocycles. The van der Waals surface area contributed by atoms with Gasteiger partial charge in [-0.25, -0.2) is 9.97 Å². The number of hydrogen-bond acceptors (Lipinski definition) is 5. The van der Waals surface area contributed by atoms with Crippen LogP contribution in [0.5, 0.6) is 0 Å². The molecular formula is C13H15N3O2. The van der Waals surface area contributed by atoms with Gasteiger partial charge in [-0.2, -0.15) is 0 Å². The van der Waals surface area contributed by atoms with Crippen LogP contribution in [-0.2, 0) is 10.2 Å². The summed E-state index contributed by atoms with van der Waals surface area (Å²) >= 11 is 0. The molecule has 0 radical (unpaired) electrons. The average molecular weight is 245 g/mol. The molecule has 3 heterocycles. The van der Waals surface area contributed by atoms with Gasteiger partial charge in [0.15, 0.2) is 5.76 Å². The van der Waals surface area contributed by atoms with Crippen LogP contribution in [-0.4, -0.2) is 29.7 Å². The topological polar surface area (TPSA) is 74.2 Å². The summed E-state index contributed by atoms with van der Waals surface area (Å²) in [5.74, 6) is 2.36. The van der Waals surface area contributed by atoms with Crippen LogP contribution in [0.2, 0.25) is 0 Å². The van der Waals surface area contributed by atoms with Crippen molar-refractivity contribution in [1.82, 2.24) is 9.97 Å². The number of aryl methyl sites for hydroxylation is 1. The van der Waals surface area contributed by atoms with Gasteiger partial charge in [-0.3, -0.25) is 0 Å². The van der Waals surface area contributed by atoms with Gasteiger partial charge in [-0.15, -0.1) is 0 Å². The Balaban J connectivity index is 1.99. The SMILES string of the molecule is Cc1ccc(-c2ccnc(C3(CN)COC3)n2)o1. The lowest BCUT2D eigenvalue weighted by atomic mass is 9.85. The van der Waals surface area contributed by atoms with Crippen LogP contribution in [0.1, 0.15) is 11.6 Å². The Morgan fingerprint density at radius 1 is 1.33 bits per heavy atom. The van der Waals surface area contributed by atoms with Crippen LogP contribution in [0.3, 0.4) is 0 Å². The molecule has 5 nitrogen and oxygen atoms in total. The first-order valence-corrected chi connectivity index (χ1v) is 5.92. The molecule has 2 aromatic heterocycles. The molecule has 1 aliphatic heterocycles. The highest BCUT2D eigenvalue weighted by Gasteiger charge is 2.42. The van der Waals surface area contributed by atoms with E-state index in [1.54, 1.807) is 6.20 Å². The summed E-state index contributed by atoms with van der Waals surface area (Å²) in [7, 11) is 0. The highest BCUT2D eigenvalue weighted by Crippen LogP contribution is 2.30. The third-order valence-electron chi connectivity index (χ3n) is 3.27. The number of nitrogens with two attached hydrogens (primary N) is 1. The molecule has 1 saturated heterocycles. The van der Waals surface area contributed by atoms with E-state index in [1.807, 2.05) is 25.1 Å². The van der Waals surface area contributed by atoms with Crippen molar-refractivity contribution >= 4 is 0 Å². The summed E-state index contributed by atoms with van der Waals surface area (Å²) in [5.41, 5.74) is 6.37. The lowest BCUT2D eigenvalue weighted by Crippen LogP contribution is -2.53. The second-order valence-corrected chi connectivity index (χ2v) is 4.65. The summed E-state index contributed by atoms with van der Waals surface area (Å²) in [6.45, 7) is 3.58. The number of ether oxygens (including phenoxy) is 1. The van der Waals surface area contributed by atoms with Gasteiger partial charge in [0.25, 0.3) is 0 Å². The molecule has 0 amide bonds. The zero-order valence-corrected chi connectivity index (χ0v) is 10.2. The zero-order valence-electron chi connectivity index (χ0n) is 10.2. The van der Waals surface area contributed by atoms with Gasteiger partial charge in [0.05, 0.1) is 18.6 Å². The molecule has 0 unspecified atom stereocenters. The standard InChI is InChI=1S/C13H15N3O2/c1-9-2-3-11(18-9)10-4-5-15-12(16-10)13(6-14)7-17-8-13/h2-5H,6-8,14H2,1H3. The molecule has 2 N–H and O–H groups in total. The predicted octanol–water partition coefficient (Wildman–Crippen LogP) is 1.27. The average Bonchev–Trinajstić information content (AvgIpc) is 2.76. The predicted molar refractivity (Wildman–Crippen MR) is 66.0 cm³/mol. The van der Waals surface area contributed by atoms with Crippen LogP contribution >= 0.6 is 0 Å². The summed E-state index contributed by atoms with van der Waals surface area (Å²) in [5, 5.41) is 0. The quantitative estimate of drug-likeness (QED) is 0.881. The fraction of sp³-hybridized carbons (Fsp3) is 0.385. The Labute approximate surface area is 105 Å². The molecule has 5 heteroatoms. The highest BCUT2D eigenvalue weighted by atomic mass is 16.5. The molecule has 0 saturated carbocycles. The molecule has 94 valence electrons. The molecule has 0 atom stereocenters. The smallest absolute Gasteiger partial charge is 0.152 e. The summed E-state index contributed by atoms with van der Waals surface area (Å²) < 4.78 is 10.8. The van der Waals surface area contributed by atoms with Crippen molar-refractivity contribution in [2.75, 3.05) is 19.8 Å². The van der Waals surface area contributed by atoms with E-state index in [2.05, 4.69) is 9.97 Å². The van der Waals surface area contributed by atoms with Gasteiger partial charge >= 0.3 is 0 Å². The van der Waals surface area contributed by atoms with Crippen molar-refractivity contribution in [3.63, 3.8) is 0 Å². The largest absolute Gasteiger partial charge is 0.460 e. The highest BCUT2D eigenvalue weighted by molar-refractivity contribution is 5.51. The minimum atomic E-state index is -0.225. The number of furan rings is 1. The number of aromatic nitrogens is 2. The van der Waals surface area contributed by atoms with E-state index in [9.17, 15) is 0 Å². The Morgan fingerprint density at radius 3 is 2.72 bits per heavy atom. The van der Waals surface area contributed by atoms with E-state index >= 15 is 0 Å². The molecule has 1 fully saturated rings. The lowest BCUT2D eigenvalue weighted by molar-refractivity contribution is -0.0593. The summed E-state index contributed by atoms with van der Waals surface area (Å²) in [6, 6.07) is 5.67.